The van der Waals surface area contributed by atoms with Crippen molar-refractivity contribution in [3.63, 3.8) is 0 Å². The van der Waals surface area contributed by atoms with Crippen LogP contribution in [0.15, 0.2) is 138 Å². The van der Waals surface area contributed by atoms with Crippen LogP contribution in [0.1, 0.15) is 134 Å². The van der Waals surface area contributed by atoms with Gasteiger partial charge in [0, 0.05) is 97.4 Å². The SMILES string of the molecule is COc1cc2c(cc1O)[C@H]1C#C[C@H]3C[C@@H]4C[C@@H](C[C@H]3C(=O)[C@H](O)C(=O)CC2)[C@@H]2CC[C@H]3C[C@H]5[C@H](C#CC6=C(NCC=C6[C@H]4[C@@H](O)C#C[C@@H]4C[C@H](C[C@H](C(O)O)[C@H]4Cc4cccc(O)c4)c4ccccc41)Nc1ccc4ccc(c(O)c4c1)C[C@H](O)CNC[C@@H](C)c1c[nH]c(c1)C[C@H]2O)C=C[C@H]5C3. The summed E-state index contributed by atoms with van der Waals surface area (Å²) in [4.78, 5) is 34.5. The Labute approximate surface area is 596 Å². The number of ether oxygens (including phenoxy) is 1. The molecule has 0 spiro atoms. The molecule has 16 heteroatoms. The predicted molar refractivity (Wildman–Crippen MR) is 389 cm³/mol. The lowest BCUT2D eigenvalue weighted by Crippen LogP contribution is -2.40. The van der Waals surface area contributed by atoms with E-state index in [2.05, 4.69) is 87.7 Å². The van der Waals surface area contributed by atoms with Gasteiger partial charge >= 0.3 is 0 Å². The smallest absolute Gasteiger partial charge is 0.173 e. The highest BCUT2D eigenvalue weighted by atomic mass is 16.5. The van der Waals surface area contributed by atoms with Crippen molar-refractivity contribution in [1.82, 2.24) is 15.6 Å². The molecule has 17 bridgehead atoms. The van der Waals surface area contributed by atoms with Gasteiger partial charge in [0.1, 0.15) is 23.4 Å². The van der Waals surface area contributed by atoms with Crippen LogP contribution in [-0.2, 0) is 35.3 Å². The van der Waals surface area contributed by atoms with Gasteiger partial charge in [-0.15, -0.1) is 0 Å². The molecule has 7 aliphatic carbocycles. The number of aromatic hydroxyl groups is 3. The van der Waals surface area contributed by atoms with Crippen molar-refractivity contribution in [3.05, 3.63) is 183 Å². The number of methoxy groups -OCH3 is 1. The fourth-order valence-electron chi connectivity index (χ4n) is 19.7. The van der Waals surface area contributed by atoms with E-state index in [4.69, 9.17) is 4.74 Å². The number of anilines is 1. The number of phenols is 3. The average molecular weight is 1380 g/mol. The van der Waals surface area contributed by atoms with Gasteiger partial charge in [-0.3, -0.25) is 9.59 Å². The Bertz CT molecular complexity index is 4490. The molecule has 16 nitrogen and oxygen atoms in total. The molecule has 9 aliphatic rings. The number of nitrogens with one attached hydrogen (secondary N) is 4. The van der Waals surface area contributed by atoms with Crippen LogP contribution in [0.4, 0.5) is 5.69 Å². The molecule has 530 valence electrons. The number of aromatic amines is 1. The first kappa shape index (κ1) is 69.1. The van der Waals surface area contributed by atoms with Crippen LogP contribution in [0.25, 0.3) is 10.8 Å². The highest BCUT2D eigenvalue weighted by molar-refractivity contribution is 6.06. The number of aliphatic hydroxyl groups is 6. The average Bonchev–Trinajstić information content (AvgIpc) is 1.11. The largest absolute Gasteiger partial charge is 0.508 e. The molecule has 15 rings (SSSR count). The molecule has 3 fully saturated rings. The van der Waals surface area contributed by atoms with Gasteiger partial charge in [0.05, 0.1) is 30.8 Å². The predicted octanol–water partition coefficient (Wildman–Crippen LogP) is 10.1. The highest BCUT2D eigenvalue weighted by Gasteiger charge is 2.49. The molecule has 3 heterocycles. The third-order valence-electron chi connectivity index (χ3n) is 24.9. The maximum Gasteiger partial charge on any atom is 0.173 e. The number of fused-ring (bicyclic) bond motifs is 13. The summed E-state index contributed by atoms with van der Waals surface area (Å²) in [5.41, 5.74) is 8.02. The minimum atomic E-state index is -2.02. The standard InChI is InChI=1S/C86H94N4O12/c1-46-43-87-45-63(92)36-55-14-12-50-15-20-60(40-74(50)82(55)97)90-85-69-23-16-49-11-13-51-28-48(30-70(49)51)10-21-65(78(95)41-61-35-59(46)44-89-61)57-34-58-33-53-17-22-67(72-42-79(96)80(102-2)39-54(72)19-25-77(94)84(99)83(98)73(53)37-57)66-9-4-3-8-64(66)56-32-52(18-24-76(93)81(58)68(69)26-27-88-85)71(75(38-56)86(100)101)31-47-6-5-7-62(91)29-47/h3-9,11-15,20,26,29,35,39-40,42,44,46,48-49,51-53,56-58,63,65,67,70-71,73,75-76,78,81,84,86-93,95-97,99-101H,10,19,21,25,27-28,30-34,36-38,41,43,45H2,1-2H3/t46-,48-,49+,51+,52-,53+,56-,57+,58-,63+,65+,67+,70+,71+,73-,75+,76+,78-,81+,84-/m1/s1. The number of aryl methyl sites for hydroxylation is 1. The number of allylic oxidation sites excluding steroid dienone is 3. The number of Topliss-reactive ketones (excluding diaryl/α,β-unsaturated/α-hetero) is 2. The van der Waals surface area contributed by atoms with Crippen LogP contribution in [0.3, 0.4) is 0 Å². The first-order valence-corrected chi connectivity index (χ1v) is 37.1. The molecule has 6 aromatic rings. The molecule has 5 aromatic carbocycles. The third-order valence-corrected chi connectivity index (χ3v) is 24.9. The van der Waals surface area contributed by atoms with Crippen molar-refractivity contribution in [2.45, 2.75) is 145 Å². The monoisotopic (exact) mass is 1370 g/mol. The summed E-state index contributed by atoms with van der Waals surface area (Å²) in [6, 6.07) is 30.0. The van der Waals surface area contributed by atoms with Crippen LogP contribution in [0.2, 0.25) is 0 Å². The van der Waals surface area contributed by atoms with Crippen LogP contribution in [0.5, 0.6) is 23.0 Å². The van der Waals surface area contributed by atoms with E-state index >= 15 is 4.79 Å². The number of H-pyrrole nitrogens is 1. The minimum absolute atomic E-state index is 0.00242. The summed E-state index contributed by atoms with van der Waals surface area (Å²) in [7, 11) is 1.45. The van der Waals surface area contributed by atoms with E-state index in [1.807, 2.05) is 66.9 Å². The first-order valence-electron chi connectivity index (χ1n) is 37.1. The Hall–Kier alpha value is -8.60. The second-order valence-electron chi connectivity index (χ2n) is 31.1. The Morgan fingerprint density at radius 3 is 2.38 bits per heavy atom. The first-order chi connectivity index (χ1) is 49.4. The normalized spacial score (nSPS) is 33.0. The van der Waals surface area contributed by atoms with Gasteiger partial charge in [-0.2, -0.15) is 0 Å². The minimum Gasteiger partial charge on any atom is -0.508 e. The molecule has 20 atom stereocenters. The fourth-order valence-corrected chi connectivity index (χ4v) is 19.7. The number of hydrogen-bond donors (Lipinski definition) is 13. The Balaban J connectivity index is 0.992. The number of β-amino-alcohol motifs (C(OH)–C–C–N with tert-alkyl or cyclic N) is 1. The Morgan fingerprint density at radius 2 is 1.55 bits per heavy atom. The zero-order valence-electron chi connectivity index (χ0n) is 57.9. The molecular formula is C86H94N4O12. The Kier molecular flexibility index (Phi) is 19.8. The molecule has 102 heavy (non-hydrogen) atoms. The lowest BCUT2D eigenvalue weighted by Gasteiger charge is -2.42. The van der Waals surface area contributed by atoms with Crippen molar-refractivity contribution in [2.24, 2.45) is 76.9 Å². The fraction of sp³-hybridized carbons (Fsp3) is 0.465. The number of aliphatic hydroxyl groups excluding tert-OH is 5. The zero-order valence-corrected chi connectivity index (χ0v) is 57.9. The van der Waals surface area contributed by atoms with Crippen molar-refractivity contribution in [1.29, 1.82) is 0 Å². The van der Waals surface area contributed by atoms with Gasteiger partial charge in [-0.05, 0) is 210 Å². The number of carbonyl (C=O) groups excluding carboxylic acids is 2. The lowest BCUT2D eigenvalue weighted by atomic mass is 9.63. The maximum absolute atomic E-state index is 16.0. The van der Waals surface area contributed by atoms with E-state index in [1.54, 1.807) is 30.3 Å². The van der Waals surface area contributed by atoms with E-state index in [0.717, 1.165) is 52.6 Å². The lowest BCUT2D eigenvalue weighted by molar-refractivity contribution is -0.142. The van der Waals surface area contributed by atoms with Crippen molar-refractivity contribution in [3.8, 4) is 58.5 Å². The molecular weight excluding hydrogens is 1280 g/mol. The van der Waals surface area contributed by atoms with E-state index in [0.29, 0.717) is 95.2 Å². The maximum atomic E-state index is 16.0. The second-order valence-corrected chi connectivity index (χ2v) is 31.1. The second kappa shape index (κ2) is 29.3. The third kappa shape index (κ3) is 13.9. The quantitative estimate of drug-likeness (QED) is 0.0338. The van der Waals surface area contributed by atoms with E-state index in [9.17, 15) is 50.8 Å². The molecule has 0 unspecified atom stereocenters. The molecule has 0 radical (unpaired) electrons. The van der Waals surface area contributed by atoms with Gasteiger partial charge in [-0.25, -0.2) is 0 Å². The molecule has 1 aromatic heterocycles. The molecule has 0 amide bonds. The number of aromatic nitrogens is 1. The van der Waals surface area contributed by atoms with Gasteiger partial charge in [0.2, 0.25) is 0 Å². The van der Waals surface area contributed by atoms with Crippen molar-refractivity contribution in [2.75, 3.05) is 32.1 Å². The summed E-state index contributed by atoms with van der Waals surface area (Å²) in [6.45, 7) is 3.22. The van der Waals surface area contributed by atoms with E-state index < -0.39 is 101 Å². The molecule has 13 N–H and O–H groups in total. The van der Waals surface area contributed by atoms with Gasteiger partial charge < -0.3 is 71.6 Å². The van der Waals surface area contributed by atoms with Crippen molar-refractivity contribution < 1.29 is 60.3 Å². The summed E-state index contributed by atoms with van der Waals surface area (Å²) in [5, 5.41) is 122. The molecule has 0 saturated heterocycles. The number of dihydropyridines is 1. The number of ketones is 2. The van der Waals surface area contributed by atoms with E-state index in [-0.39, 0.29) is 98.3 Å². The van der Waals surface area contributed by atoms with Gasteiger partial charge in [-0.1, -0.05) is 122 Å². The van der Waals surface area contributed by atoms with Crippen LogP contribution >= 0.6 is 0 Å². The van der Waals surface area contributed by atoms with Gasteiger partial charge in [0.25, 0.3) is 0 Å². The number of rotatable bonds is 4. The summed E-state index contributed by atoms with van der Waals surface area (Å²) in [6.07, 6.45) is 6.92. The number of benzene rings is 5. The number of carbonyl (C=O) groups is 2. The van der Waals surface area contributed by atoms with Crippen LogP contribution in [0, 0.1) is 112 Å². The number of phenolic OH excluding ortho intramolecular Hbond substituents is 3. The van der Waals surface area contributed by atoms with Gasteiger partial charge in [0.15, 0.2) is 35.5 Å². The highest BCUT2D eigenvalue weighted by Crippen LogP contribution is 2.54. The summed E-state index contributed by atoms with van der Waals surface area (Å²) < 4.78 is 5.73. The van der Waals surface area contributed by atoms with Crippen LogP contribution in [-0.4, -0.2) is 120 Å². The number of hydrogen-bond acceptors (Lipinski definition) is 15. The molecule has 2 aliphatic heterocycles. The topological polar surface area (TPSA) is 277 Å². The van der Waals surface area contributed by atoms with E-state index in [1.165, 1.54) is 7.11 Å². The summed E-state index contributed by atoms with van der Waals surface area (Å²) >= 11 is 0. The zero-order chi connectivity index (χ0) is 70.6. The van der Waals surface area contributed by atoms with Crippen LogP contribution < -0.4 is 20.7 Å². The molecule has 3 saturated carbocycles. The summed E-state index contributed by atoms with van der Waals surface area (Å²) in [5.74, 6) is 15.2. The van der Waals surface area contributed by atoms with Crippen molar-refractivity contribution >= 4 is 28.0 Å². The Morgan fingerprint density at radius 1 is 0.716 bits per heavy atom.